The molecule has 0 aliphatic carbocycles. The lowest BCUT2D eigenvalue weighted by Gasteiger charge is -2.32. The Morgan fingerprint density at radius 1 is 1.63 bits per heavy atom. The summed E-state index contributed by atoms with van der Waals surface area (Å²) in [5.74, 6) is -0.0764. The zero-order valence-electron chi connectivity index (χ0n) is 11.1. The molecule has 1 amide bonds. The lowest BCUT2D eigenvalue weighted by molar-refractivity contribution is 0.0674. The number of aromatic nitrogens is 1. The Morgan fingerprint density at radius 3 is 3.00 bits per heavy atom. The fraction of sp³-hybridized carbons (Fsp3) is 0.538. The number of piperazine rings is 1. The number of halogens is 1. The van der Waals surface area contributed by atoms with Crippen molar-refractivity contribution in [3.05, 3.63) is 22.4 Å². The van der Waals surface area contributed by atoms with E-state index in [1.807, 2.05) is 30.7 Å². The van der Waals surface area contributed by atoms with Gasteiger partial charge in [-0.3, -0.25) is 4.79 Å². The Labute approximate surface area is 121 Å². The molecule has 1 unspecified atom stereocenters. The van der Waals surface area contributed by atoms with Gasteiger partial charge in [-0.1, -0.05) is 0 Å². The van der Waals surface area contributed by atoms with Crippen LogP contribution in [0.4, 0.5) is 0 Å². The first kappa shape index (κ1) is 14.1. The van der Waals surface area contributed by atoms with Crippen LogP contribution in [0.1, 0.15) is 30.4 Å². The maximum atomic E-state index is 12.6. The van der Waals surface area contributed by atoms with Crippen molar-refractivity contribution in [1.29, 1.82) is 5.26 Å². The molecule has 0 radical (unpaired) electrons. The van der Waals surface area contributed by atoms with Gasteiger partial charge in [0.05, 0.1) is 6.07 Å². The largest absolute Gasteiger partial charge is 0.340 e. The minimum absolute atomic E-state index is 0.0764. The van der Waals surface area contributed by atoms with Gasteiger partial charge in [0.1, 0.15) is 11.7 Å². The van der Waals surface area contributed by atoms with Crippen molar-refractivity contribution in [1.82, 2.24) is 14.8 Å². The van der Waals surface area contributed by atoms with E-state index in [0.29, 0.717) is 18.8 Å². The van der Waals surface area contributed by atoms with Crippen LogP contribution in [0.5, 0.6) is 0 Å². The van der Waals surface area contributed by atoms with Gasteiger partial charge < -0.3 is 14.8 Å². The van der Waals surface area contributed by atoms with Crippen LogP contribution in [0.2, 0.25) is 0 Å². The molecular formula is C13H17BrN4O. The number of nitriles is 1. The summed E-state index contributed by atoms with van der Waals surface area (Å²) in [6.07, 6.45) is 1.90. The van der Waals surface area contributed by atoms with E-state index < -0.39 is 6.04 Å². The van der Waals surface area contributed by atoms with Gasteiger partial charge in [-0.25, -0.2) is 0 Å². The topological polar surface area (TPSA) is 61.1 Å². The summed E-state index contributed by atoms with van der Waals surface area (Å²) in [7, 11) is 0. The van der Waals surface area contributed by atoms with Crippen LogP contribution in [0, 0.1) is 11.3 Å². The Morgan fingerprint density at radius 2 is 2.37 bits per heavy atom. The Bertz CT molecular complexity index is 517. The number of hydrogen-bond acceptors (Lipinski definition) is 3. The molecule has 0 spiro atoms. The molecule has 1 atom stereocenters. The molecular weight excluding hydrogens is 308 g/mol. The first-order valence-corrected chi connectivity index (χ1v) is 7.12. The fourth-order valence-corrected chi connectivity index (χ4v) is 2.69. The molecule has 6 heteroatoms. The summed E-state index contributed by atoms with van der Waals surface area (Å²) in [6, 6.07) is 3.81. The van der Waals surface area contributed by atoms with Crippen LogP contribution in [0.15, 0.2) is 16.7 Å². The first-order chi connectivity index (χ1) is 9.04. The highest BCUT2D eigenvalue weighted by Gasteiger charge is 2.29. The molecule has 1 aromatic rings. The van der Waals surface area contributed by atoms with Gasteiger partial charge in [0.15, 0.2) is 0 Å². The Hall–Kier alpha value is -1.32. The van der Waals surface area contributed by atoms with Gasteiger partial charge in [-0.05, 0) is 35.8 Å². The third kappa shape index (κ3) is 2.82. The number of carbonyl (C=O) groups excluding carboxylic acids is 1. The van der Waals surface area contributed by atoms with E-state index in [1.165, 1.54) is 0 Å². The number of rotatable bonds is 2. The summed E-state index contributed by atoms with van der Waals surface area (Å²) < 4.78 is 2.82. The average Bonchev–Trinajstić information content (AvgIpc) is 2.80. The van der Waals surface area contributed by atoms with E-state index in [-0.39, 0.29) is 11.9 Å². The normalized spacial score (nSPS) is 19.5. The molecule has 0 saturated carbocycles. The molecule has 0 bridgehead atoms. The number of carbonyl (C=O) groups is 1. The third-order valence-corrected chi connectivity index (χ3v) is 3.68. The fourth-order valence-electron chi connectivity index (χ4n) is 2.25. The highest BCUT2D eigenvalue weighted by atomic mass is 79.9. The number of hydrogen-bond donors (Lipinski definition) is 1. The van der Waals surface area contributed by atoms with E-state index >= 15 is 0 Å². The SMILES string of the molecule is CC(C)n1cc(Br)cc1C(=O)N1CCNCC1C#N. The van der Waals surface area contributed by atoms with Gasteiger partial charge in [0.25, 0.3) is 5.91 Å². The summed E-state index contributed by atoms with van der Waals surface area (Å²) >= 11 is 3.41. The van der Waals surface area contributed by atoms with Gasteiger partial charge in [0, 0.05) is 36.3 Å². The second-order valence-corrected chi connectivity index (χ2v) is 5.81. The highest BCUT2D eigenvalue weighted by molar-refractivity contribution is 9.10. The minimum atomic E-state index is -0.393. The van der Waals surface area contributed by atoms with Crippen molar-refractivity contribution in [2.24, 2.45) is 0 Å². The molecule has 1 aromatic heterocycles. The molecule has 2 heterocycles. The van der Waals surface area contributed by atoms with E-state index in [9.17, 15) is 4.79 Å². The van der Waals surface area contributed by atoms with Crippen molar-refractivity contribution in [3.63, 3.8) is 0 Å². The van der Waals surface area contributed by atoms with Crippen LogP contribution < -0.4 is 5.32 Å². The zero-order valence-corrected chi connectivity index (χ0v) is 12.6. The number of amides is 1. The second kappa shape index (κ2) is 5.76. The second-order valence-electron chi connectivity index (χ2n) is 4.89. The zero-order chi connectivity index (χ0) is 14.0. The molecule has 1 saturated heterocycles. The van der Waals surface area contributed by atoms with Gasteiger partial charge >= 0.3 is 0 Å². The van der Waals surface area contributed by atoms with E-state index in [0.717, 1.165) is 11.0 Å². The van der Waals surface area contributed by atoms with Gasteiger partial charge in [-0.2, -0.15) is 5.26 Å². The lowest BCUT2D eigenvalue weighted by Crippen LogP contribution is -2.53. The van der Waals surface area contributed by atoms with Crippen LogP contribution >= 0.6 is 15.9 Å². The molecule has 2 rings (SSSR count). The van der Waals surface area contributed by atoms with Crippen LogP contribution in [0.3, 0.4) is 0 Å². The van der Waals surface area contributed by atoms with Crippen LogP contribution in [-0.2, 0) is 0 Å². The minimum Gasteiger partial charge on any atom is -0.340 e. The monoisotopic (exact) mass is 324 g/mol. The maximum Gasteiger partial charge on any atom is 0.271 e. The summed E-state index contributed by atoms with van der Waals surface area (Å²) in [5, 5.41) is 12.3. The van der Waals surface area contributed by atoms with Crippen molar-refractivity contribution < 1.29 is 4.79 Å². The average molecular weight is 325 g/mol. The molecule has 1 aliphatic heterocycles. The molecule has 1 aliphatic rings. The standard InChI is InChI=1S/C13H17BrN4O/c1-9(2)18-8-10(14)5-12(18)13(19)17-4-3-16-7-11(17)6-15/h5,8-9,11,16H,3-4,7H2,1-2H3. The summed E-state index contributed by atoms with van der Waals surface area (Å²) in [4.78, 5) is 14.3. The van der Waals surface area contributed by atoms with Crippen LogP contribution in [0.25, 0.3) is 0 Å². The predicted octanol–water partition coefficient (Wildman–Crippen LogP) is 1.77. The van der Waals surface area contributed by atoms with E-state index in [4.69, 9.17) is 5.26 Å². The van der Waals surface area contributed by atoms with E-state index in [2.05, 4.69) is 27.3 Å². The molecule has 1 N–H and O–H groups in total. The van der Waals surface area contributed by atoms with Crippen molar-refractivity contribution >= 4 is 21.8 Å². The first-order valence-electron chi connectivity index (χ1n) is 6.33. The smallest absolute Gasteiger partial charge is 0.271 e. The quantitative estimate of drug-likeness (QED) is 0.901. The van der Waals surface area contributed by atoms with Gasteiger partial charge in [-0.15, -0.1) is 0 Å². The third-order valence-electron chi connectivity index (χ3n) is 3.24. The number of nitrogens with one attached hydrogen (secondary N) is 1. The van der Waals surface area contributed by atoms with Crippen LogP contribution in [-0.4, -0.2) is 41.1 Å². The molecule has 1 fully saturated rings. The van der Waals surface area contributed by atoms with Gasteiger partial charge in [0.2, 0.25) is 0 Å². The Kier molecular flexibility index (Phi) is 4.27. The van der Waals surface area contributed by atoms with Crippen molar-refractivity contribution in [3.8, 4) is 6.07 Å². The van der Waals surface area contributed by atoms with Crippen molar-refractivity contribution in [2.75, 3.05) is 19.6 Å². The van der Waals surface area contributed by atoms with E-state index in [1.54, 1.807) is 4.90 Å². The molecule has 0 aromatic carbocycles. The Balaban J connectivity index is 2.31. The maximum absolute atomic E-state index is 12.6. The van der Waals surface area contributed by atoms with Crippen molar-refractivity contribution in [2.45, 2.75) is 25.9 Å². The highest BCUT2D eigenvalue weighted by Crippen LogP contribution is 2.21. The summed E-state index contributed by atoms with van der Waals surface area (Å²) in [6.45, 7) is 5.89. The molecule has 102 valence electrons. The number of nitrogens with zero attached hydrogens (tertiary/aromatic N) is 3. The lowest BCUT2D eigenvalue weighted by atomic mass is 10.2. The summed E-state index contributed by atoms with van der Waals surface area (Å²) in [5.41, 5.74) is 0.629. The molecule has 19 heavy (non-hydrogen) atoms. The molecule has 5 nitrogen and oxygen atoms in total. The predicted molar refractivity (Wildman–Crippen MR) is 75.8 cm³/mol.